The largest absolute Gasteiger partial charge is 0.384 e. The Hall–Kier alpha value is -2.81. The first-order valence-corrected chi connectivity index (χ1v) is 12.0. The van der Waals surface area contributed by atoms with Gasteiger partial charge in [-0.25, -0.2) is 8.78 Å². The zero-order valence-electron chi connectivity index (χ0n) is 19.6. The Morgan fingerprint density at radius 3 is 2.56 bits per heavy atom. The number of aromatic amines is 1. The summed E-state index contributed by atoms with van der Waals surface area (Å²) in [4.78, 5) is 31.0. The molecule has 0 bridgehead atoms. The van der Waals surface area contributed by atoms with Gasteiger partial charge in [-0.1, -0.05) is 0 Å². The van der Waals surface area contributed by atoms with Crippen molar-refractivity contribution in [2.45, 2.75) is 57.4 Å². The van der Waals surface area contributed by atoms with E-state index in [-0.39, 0.29) is 30.3 Å². The fraction of sp³-hybridized carbons (Fsp3) is 0.560. The number of alkyl halides is 2. The van der Waals surface area contributed by atoms with Gasteiger partial charge in [0.15, 0.2) is 0 Å². The summed E-state index contributed by atoms with van der Waals surface area (Å²) < 4.78 is 34.5. The van der Waals surface area contributed by atoms with Gasteiger partial charge in [-0.15, -0.1) is 0 Å². The molecule has 34 heavy (non-hydrogen) atoms. The number of hydrogen-bond acceptors (Lipinski definition) is 4. The molecule has 0 spiro atoms. The summed E-state index contributed by atoms with van der Waals surface area (Å²) in [6, 6.07) is 3.46. The molecule has 7 nitrogen and oxygen atoms in total. The van der Waals surface area contributed by atoms with Gasteiger partial charge in [-0.2, -0.15) is 5.10 Å². The van der Waals surface area contributed by atoms with Crippen molar-refractivity contribution in [1.29, 1.82) is 0 Å². The maximum atomic E-state index is 13.7. The van der Waals surface area contributed by atoms with Crippen molar-refractivity contribution in [2.24, 2.45) is 5.92 Å². The minimum Gasteiger partial charge on any atom is -0.384 e. The molecule has 1 amide bonds. The molecule has 1 aromatic carbocycles. The predicted octanol–water partition coefficient (Wildman–Crippen LogP) is 4.44. The van der Waals surface area contributed by atoms with Crippen molar-refractivity contribution < 1.29 is 18.3 Å². The van der Waals surface area contributed by atoms with Gasteiger partial charge in [0.2, 0.25) is 5.92 Å². The van der Waals surface area contributed by atoms with Crippen molar-refractivity contribution >= 4 is 27.7 Å². The fourth-order valence-corrected chi connectivity index (χ4v) is 5.48. The number of amides is 1. The van der Waals surface area contributed by atoms with E-state index in [1.54, 1.807) is 11.8 Å². The van der Waals surface area contributed by atoms with Crippen LogP contribution in [0.25, 0.3) is 21.8 Å². The van der Waals surface area contributed by atoms with Crippen LogP contribution < -0.4 is 5.56 Å². The number of hydrogen-bond donors (Lipinski definition) is 1. The molecule has 1 N–H and O–H groups in total. The van der Waals surface area contributed by atoms with Gasteiger partial charge in [-0.3, -0.25) is 14.3 Å². The van der Waals surface area contributed by atoms with Gasteiger partial charge in [0.05, 0.1) is 28.7 Å². The molecular weight excluding hydrogens is 442 g/mol. The zero-order valence-corrected chi connectivity index (χ0v) is 19.6. The van der Waals surface area contributed by atoms with Crippen LogP contribution in [0.15, 0.2) is 23.1 Å². The lowest BCUT2D eigenvalue weighted by molar-refractivity contribution is -0.0445. The SMILES string of the molecule is COCC1CCN(C(=O)c2cc3c(cc2C)[nH]c(=O)c2cnn(C4CCC(F)(F)CC4)c23)CC1. The second kappa shape index (κ2) is 8.76. The highest BCUT2D eigenvalue weighted by Gasteiger charge is 2.36. The molecule has 3 heterocycles. The maximum absolute atomic E-state index is 13.7. The molecule has 9 heteroatoms. The smallest absolute Gasteiger partial charge is 0.259 e. The molecular formula is C25H30F2N4O3. The van der Waals surface area contributed by atoms with Gasteiger partial charge < -0.3 is 14.6 Å². The van der Waals surface area contributed by atoms with Crippen molar-refractivity contribution in [3.8, 4) is 0 Å². The molecule has 5 rings (SSSR count). The van der Waals surface area contributed by atoms with Gasteiger partial charge in [0.25, 0.3) is 11.5 Å². The predicted molar refractivity (Wildman–Crippen MR) is 126 cm³/mol. The third-order valence-electron chi connectivity index (χ3n) is 7.47. The lowest BCUT2D eigenvalue weighted by Gasteiger charge is -2.32. The molecule has 0 atom stereocenters. The topological polar surface area (TPSA) is 80.2 Å². The van der Waals surface area contributed by atoms with E-state index in [0.717, 1.165) is 18.4 Å². The molecule has 2 aromatic heterocycles. The number of carbonyl (C=O) groups excluding carboxylic acids is 1. The Morgan fingerprint density at radius 1 is 1.18 bits per heavy atom. The molecule has 0 radical (unpaired) electrons. The minimum absolute atomic E-state index is 0.0296. The number of aromatic nitrogens is 3. The third-order valence-corrected chi connectivity index (χ3v) is 7.47. The van der Waals surface area contributed by atoms with E-state index in [4.69, 9.17) is 4.74 Å². The van der Waals surface area contributed by atoms with Gasteiger partial charge >= 0.3 is 0 Å². The second-order valence-electron chi connectivity index (χ2n) is 9.80. The van der Waals surface area contributed by atoms with Crippen LogP contribution in [0.4, 0.5) is 8.78 Å². The van der Waals surface area contributed by atoms with E-state index >= 15 is 0 Å². The standard InChI is InChI=1S/C25H30F2N4O3/c1-15-11-21-19(12-18(15)24(33)30-9-5-16(6-10-30)14-34-2)22-20(23(32)29-21)13-28-31(22)17-3-7-25(26,27)8-4-17/h11-13,16-17H,3-10,14H2,1-2H3,(H,29,32). The number of carbonyl (C=O) groups is 1. The Kier molecular flexibility index (Phi) is 5.91. The van der Waals surface area contributed by atoms with Crippen LogP contribution in [0, 0.1) is 12.8 Å². The first-order valence-electron chi connectivity index (χ1n) is 12.0. The van der Waals surface area contributed by atoms with E-state index < -0.39 is 5.92 Å². The summed E-state index contributed by atoms with van der Waals surface area (Å²) >= 11 is 0. The number of methoxy groups -OCH3 is 1. The Bertz CT molecular complexity index is 1280. The molecule has 2 fully saturated rings. The summed E-state index contributed by atoms with van der Waals surface area (Å²) in [5, 5.41) is 5.56. The van der Waals surface area contributed by atoms with Crippen LogP contribution in [0.2, 0.25) is 0 Å². The molecule has 182 valence electrons. The Labute approximate surface area is 196 Å². The normalized spacial score (nSPS) is 19.8. The molecule has 1 aliphatic carbocycles. The van der Waals surface area contributed by atoms with Crippen molar-refractivity contribution in [3.63, 3.8) is 0 Å². The fourth-order valence-electron chi connectivity index (χ4n) is 5.48. The minimum atomic E-state index is -2.65. The van der Waals surface area contributed by atoms with Crippen molar-refractivity contribution in [2.75, 3.05) is 26.8 Å². The van der Waals surface area contributed by atoms with E-state index in [9.17, 15) is 18.4 Å². The average Bonchev–Trinajstić information content (AvgIpc) is 3.25. The van der Waals surface area contributed by atoms with Crippen molar-refractivity contribution in [1.82, 2.24) is 19.7 Å². The first-order chi connectivity index (χ1) is 16.3. The van der Waals surface area contributed by atoms with Crippen LogP contribution in [0.3, 0.4) is 0 Å². The molecule has 0 unspecified atom stereocenters. The first kappa shape index (κ1) is 23.0. The number of benzene rings is 1. The highest BCUT2D eigenvalue weighted by molar-refractivity contribution is 6.07. The Morgan fingerprint density at radius 2 is 1.88 bits per heavy atom. The van der Waals surface area contributed by atoms with Crippen LogP contribution in [0.5, 0.6) is 0 Å². The number of likely N-dealkylation sites (tertiary alicyclic amines) is 1. The van der Waals surface area contributed by atoms with Crippen LogP contribution >= 0.6 is 0 Å². The Balaban J connectivity index is 1.54. The van der Waals surface area contributed by atoms with E-state index in [1.165, 1.54) is 6.20 Å². The molecule has 3 aromatic rings. The van der Waals surface area contributed by atoms with E-state index in [2.05, 4.69) is 10.1 Å². The van der Waals surface area contributed by atoms with E-state index in [1.807, 2.05) is 24.0 Å². The van der Waals surface area contributed by atoms with Crippen LogP contribution in [0.1, 0.15) is 60.5 Å². The number of fused-ring (bicyclic) bond motifs is 3. The van der Waals surface area contributed by atoms with Gasteiger partial charge in [-0.05, 0) is 56.2 Å². The highest BCUT2D eigenvalue weighted by Crippen LogP contribution is 2.40. The van der Waals surface area contributed by atoms with Crippen LogP contribution in [-0.4, -0.2) is 58.3 Å². The number of piperidine rings is 1. The van der Waals surface area contributed by atoms with Crippen LogP contribution in [-0.2, 0) is 4.74 Å². The lowest BCUT2D eigenvalue weighted by Crippen LogP contribution is -2.39. The summed E-state index contributed by atoms with van der Waals surface area (Å²) in [7, 11) is 1.70. The molecule has 1 saturated carbocycles. The summed E-state index contributed by atoms with van der Waals surface area (Å²) in [5.41, 5.74) is 2.34. The monoisotopic (exact) mass is 472 g/mol. The van der Waals surface area contributed by atoms with Crippen molar-refractivity contribution in [3.05, 3.63) is 39.8 Å². The number of ether oxygens (including phenoxy) is 1. The zero-order chi connectivity index (χ0) is 24.0. The number of pyridine rings is 1. The molecule has 2 aliphatic rings. The number of aryl methyl sites for hydroxylation is 1. The highest BCUT2D eigenvalue weighted by atomic mass is 19.3. The number of nitrogens with one attached hydrogen (secondary N) is 1. The summed E-state index contributed by atoms with van der Waals surface area (Å²) in [6.45, 7) is 3.94. The molecule has 1 saturated heterocycles. The maximum Gasteiger partial charge on any atom is 0.259 e. The summed E-state index contributed by atoms with van der Waals surface area (Å²) in [5.74, 6) is -2.21. The lowest BCUT2D eigenvalue weighted by atomic mass is 9.92. The summed E-state index contributed by atoms with van der Waals surface area (Å²) in [6.07, 6.45) is 3.52. The quantitative estimate of drug-likeness (QED) is 0.609. The third kappa shape index (κ3) is 4.10. The average molecular weight is 473 g/mol. The van der Waals surface area contributed by atoms with E-state index in [0.29, 0.717) is 65.8 Å². The number of halogens is 2. The number of nitrogens with zero attached hydrogens (tertiary/aromatic N) is 3. The second-order valence-corrected chi connectivity index (χ2v) is 9.80. The molecule has 1 aliphatic heterocycles. The number of H-pyrrole nitrogens is 1. The van der Waals surface area contributed by atoms with Gasteiger partial charge in [0, 0.05) is 50.6 Å². The van der Waals surface area contributed by atoms with Gasteiger partial charge in [0.1, 0.15) is 0 Å². The number of rotatable bonds is 4.